The molecule has 0 aliphatic rings. The van der Waals surface area contributed by atoms with E-state index in [1.807, 2.05) is 0 Å². The van der Waals surface area contributed by atoms with Crippen molar-refractivity contribution < 1.29 is 4.74 Å². The van der Waals surface area contributed by atoms with Crippen LogP contribution in [0.2, 0.25) is 19.1 Å². The summed E-state index contributed by atoms with van der Waals surface area (Å²) in [5, 5.41) is 2.56. The van der Waals surface area contributed by atoms with Crippen molar-refractivity contribution in [3.8, 4) is 5.75 Å². The second kappa shape index (κ2) is 7.28. The van der Waals surface area contributed by atoms with Crippen molar-refractivity contribution in [3.63, 3.8) is 0 Å². The van der Waals surface area contributed by atoms with Crippen LogP contribution >= 0.6 is 0 Å². The number of hydrogen-bond donors (Lipinski definition) is 0. The van der Waals surface area contributed by atoms with Gasteiger partial charge in [0.05, 0.1) is 15.2 Å². The molecule has 2 heteroatoms. The molecule has 25 heavy (non-hydrogen) atoms. The van der Waals surface area contributed by atoms with Gasteiger partial charge in [-0.1, -0.05) is 79.8 Å². The summed E-state index contributed by atoms with van der Waals surface area (Å²) >= 11 is 0. The fourth-order valence-corrected chi connectivity index (χ4v) is 7.05. The molecule has 0 spiro atoms. The van der Waals surface area contributed by atoms with Gasteiger partial charge in [0.15, 0.2) is 0 Å². The summed E-state index contributed by atoms with van der Waals surface area (Å²) in [5.74, 6) is 0.984. The van der Waals surface area contributed by atoms with Gasteiger partial charge in [-0.05, 0) is 28.4 Å². The van der Waals surface area contributed by atoms with Crippen LogP contribution < -0.4 is 4.74 Å². The first kappa shape index (κ1) is 17.5. The van der Waals surface area contributed by atoms with Crippen LogP contribution in [0, 0.1) is 0 Å². The topological polar surface area (TPSA) is 9.23 Å². The summed E-state index contributed by atoms with van der Waals surface area (Å²) in [6.45, 7) is 8.93. The summed E-state index contributed by atoms with van der Waals surface area (Å²) in [6.07, 6.45) is 2.08. The molecule has 0 heterocycles. The van der Waals surface area contributed by atoms with Gasteiger partial charge in [0.2, 0.25) is 0 Å². The van der Waals surface area contributed by atoms with E-state index >= 15 is 0 Å². The minimum Gasteiger partial charge on any atom is -0.496 e. The third kappa shape index (κ3) is 3.40. The number of benzene rings is 3. The molecule has 0 saturated heterocycles. The zero-order chi connectivity index (χ0) is 17.9. The van der Waals surface area contributed by atoms with E-state index in [2.05, 4.69) is 92.5 Å². The van der Waals surface area contributed by atoms with Crippen LogP contribution in [0.3, 0.4) is 0 Å². The maximum atomic E-state index is 5.83. The molecule has 0 saturated carbocycles. The molecule has 0 bridgehead atoms. The zero-order valence-electron chi connectivity index (χ0n) is 15.3. The molecule has 1 unspecified atom stereocenters. The van der Waals surface area contributed by atoms with Crippen LogP contribution in [-0.4, -0.2) is 15.2 Å². The van der Waals surface area contributed by atoms with Crippen molar-refractivity contribution in [1.82, 2.24) is 0 Å². The van der Waals surface area contributed by atoms with Gasteiger partial charge in [0, 0.05) is 11.1 Å². The fraction of sp³-hybridized carbons (Fsp3) is 0.217. The quantitative estimate of drug-likeness (QED) is 0.370. The molecule has 3 aromatic rings. The molecule has 0 aliphatic carbocycles. The van der Waals surface area contributed by atoms with Crippen LogP contribution in [-0.2, 0) is 0 Å². The summed E-state index contributed by atoms with van der Waals surface area (Å²) in [4.78, 5) is 0. The van der Waals surface area contributed by atoms with Crippen molar-refractivity contribution in [2.75, 3.05) is 7.11 Å². The smallest absolute Gasteiger partial charge is 0.123 e. The summed E-state index contributed by atoms with van der Waals surface area (Å²) in [5.41, 5.74) is 3.05. The van der Waals surface area contributed by atoms with Gasteiger partial charge in [-0.3, -0.25) is 0 Å². The van der Waals surface area contributed by atoms with E-state index in [1.165, 1.54) is 21.9 Å². The molecule has 1 nitrogen and oxygen atoms in total. The average molecular weight is 347 g/mol. The summed E-state index contributed by atoms with van der Waals surface area (Å²) in [6, 6.07) is 24.8. The second-order valence-corrected chi connectivity index (χ2v) is 12.2. The van der Waals surface area contributed by atoms with E-state index in [1.54, 1.807) is 7.11 Å². The molecule has 0 aromatic heterocycles. The lowest BCUT2D eigenvalue weighted by Gasteiger charge is -2.34. The molecule has 128 valence electrons. The standard InChI is InChI=1S/C23H26OSi/c1-5-17-25(3,4)23(19-12-7-6-8-13-19)22-20-14-10-9-11-18(20)15-16-21(22)24-2/h5-16,23H,1,17H2,2-4H3. The Morgan fingerprint density at radius 2 is 1.64 bits per heavy atom. The van der Waals surface area contributed by atoms with E-state index < -0.39 is 8.07 Å². The molecule has 0 amide bonds. The van der Waals surface area contributed by atoms with E-state index in [-0.39, 0.29) is 0 Å². The van der Waals surface area contributed by atoms with Crippen LogP contribution in [0.5, 0.6) is 5.75 Å². The van der Waals surface area contributed by atoms with E-state index in [0.717, 1.165) is 11.8 Å². The van der Waals surface area contributed by atoms with Gasteiger partial charge in [0.1, 0.15) is 5.75 Å². The molecule has 0 N–H and O–H groups in total. The Morgan fingerprint density at radius 1 is 0.960 bits per heavy atom. The first-order valence-corrected chi connectivity index (χ1v) is 12.1. The van der Waals surface area contributed by atoms with Crippen LogP contribution in [0.4, 0.5) is 0 Å². The lowest BCUT2D eigenvalue weighted by Crippen LogP contribution is -2.35. The second-order valence-electron chi connectivity index (χ2n) is 7.23. The Morgan fingerprint density at radius 3 is 2.32 bits per heavy atom. The van der Waals surface area contributed by atoms with Gasteiger partial charge in [-0.15, -0.1) is 6.58 Å². The highest BCUT2D eigenvalue weighted by molar-refractivity contribution is 6.80. The molecular weight excluding hydrogens is 320 g/mol. The number of ether oxygens (including phenoxy) is 1. The largest absolute Gasteiger partial charge is 0.496 e. The molecule has 0 aliphatic heterocycles. The third-order valence-electron chi connectivity index (χ3n) is 5.02. The fourth-order valence-electron chi connectivity index (χ4n) is 3.90. The zero-order valence-corrected chi connectivity index (χ0v) is 16.3. The Bertz CT molecular complexity index is 868. The maximum absolute atomic E-state index is 5.83. The van der Waals surface area contributed by atoms with Crippen molar-refractivity contribution in [3.05, 3.63) is 90.5 Å². The van der Waals surface area contributed by atoms with Gasteiger partial charge < -0.3 is 4.74 Å². The Labute approximate surface area is 152 Å². The molecule has 1 atom stereocenters. The molecule has 3 rings (SSSR count). The van der Waals surface area contributed by atoms with Gasteiger partial charge in [0.25, 0.3) is 0 Å². The highest BCUT2D eigenvalue weighted by atomic mass is 28.3. The van der Waals surface area contributed by atoms with E-state index in [0.29, 0.717) is 5.54 Å². The highest BCUT2D eigenvalue weighted by Gasteiger charge is 2.35. The van der Waals surface area contributed by atoms with Gasteiger partial charge in [-0.25, -0.2) is 0 Å². The number of methoxy groups -OCH3 is 1. The number of rotatable bonds is 6. The maximum Gasteiger partial charge on any atom is 0.123 e. The Balaban J connectivity index is 2.34. The predicted molar refractivity (Wildman–Crippen MR) is 111 cm³/mol. The molecule has 0 radical (unpaired) electrons. The summed E-state index contributed by atoms with van der Waals surface area (Å²) in [7, 11) is 0.0982. The molecule has 3 aromatic carbocycles. The average Bonchev–Trinajstić information content (AvgIpc) is 2.62. The highest BCUT2D eigenvalue weighted by Crippen LogP contribution is 2.44. The molecular formula is C23H26OSi. The van der Waals surface area contributed by atoms with E-state index in [4.69, 9.17) is 4.74 Å². The van der Waals surface area contributed by atoms with Crippen LogP contribution in [0.25, 0.3) is 10.8 Å². The number of fused-ring (bicyclic) bond motifs is 1. The first-order chi connectivity index (χ1) is 12.1. The monoisotopic (exact) mass is 346 g/mol. The van der Waals surface area contributed by atoms with Gasteiger partial charge >= 0.3 is 0 Å². The minimum atomic E-state index is -1.68. The Kier molecular flexibility index (Phi) is 5.10. The van der Waals surface area contributed by atoms with Crippen molar-refractivity contribution in [2.24, 2.45) is 0 Å². The first-order valence-electron chi connectivity index (χ1n) is 8.80. The van der Waals surface area contributed by atoms with Crippen LogP contribution in [0.15, 0.2) is 79.4 Å². The van der Waals surface area contributed by atoms with Gasteiger partial charge in [-0.2, -0.15) is 0 Å². The van der Waals surface area contributed by atoms with E-state index in [9.17, 15) is 0 Å². The SMILES string of the molecule is C=CC[Si](C)(C)C(c1ccccc1)c1c(OC)ccc2ccccc12. The number of hydrogen-bond acceptors (Lipinski definition) is 1. The lowest BCUT2D eigenvalue weighted by atomic mass is 9.96. The van der Waals surface area contributed by atoms with Crippen LogP contribution in [0.1, 0.15) is 16.7 Å². The third-order valence-corrected chi connectivity index (χ3v) is 8.55. The van der Waals surface area contributed by atoms with Crippen molar-refractivity contribution in [1.29, 1.82) is 0 Å². The predicted octanol–water partition coefficient (Wildman–Crippen LogP) is 6.41. The van der Waals surface area contributed by atoms with Crippen molar-refractivity contribution >= 4 is 18.8 Å². The Hall–Kier alpha value is -2.32. The minimum absolute atomic E-state index is 0.354. The van der Waals surface area contributed by atoms with Crippen molar-refractivity contribution in [2.45, 2.75) is 24.7 Å². The summed E-state index contributed by atoms with van der Waals surface area (Å²) < 4.78 is 5.83. The molecule has 0 fully saturated rings. The number of allylic oxidation sites excluding steroid dienone is 1. The lowest BCUT2D eigenvalue weighted by molar-refractivity contribution is 0.410. The normalized spacial score (nSPS) is 12.8.